The molecule has 26 heavy (non-hydrogen) atoms. The van der Waals surface area contributed by atoms with Gasteiger partial charge in [-0.2, -0.15) is 0 Å². The van der Waals surface area contributed by atoms with Gasteiger partial charge in [0.25, 0.3) is 5.91 Å². The maximum atomic E-state index is 11.9. The first-order chi connectivity index (χ1) is 12.6. The van der Waals surface area contributed by atoms with Gasteiger partial charge in [0.05, 0.1) is 14.2 Å². The molecule has 0 spiro atoms. The molecule has 0 aliphatic rings. The van der Waals surface area contributed by atoms with Gasteiger partial charge < -0.3 is 20.1 Å². The van der Waals surface area contributed by atoms with Gasteiger partial charge in [0.2, 0.25) is 5.91 Å². The summed E-state index contributed by atoms with van der Waals surface area (Å²) in [5.41, 5.74) is 1.40. The van der Waals surface area contributed by atoms with Crippen molar-refractivity contribution in [1.82, 2.24) is 10.6 Å². The van der Waals surface area contributed by atoms with Gasteiger partial charge in [0.15, 0.2) is 11.5 Å². The number of benzene rings is 2. The number of nitrogens with one attached hydrogen (secondary N) is 2. The first kappa shape index (κ1) is 19.1. The molecule has 2 N–H and O–H groups in total. The van der Waals surface area contributed by atoms with E-state index in [9.17, 15) is 9.59 Å². The number of amides is 2. The maximum absolute atomic E-state index is 11.9. The quantitative estimate of drug-likeness (QED) is 0.563. The summed E-state index contributed by atoms with van der Waals surface area (Å²) in [6, 6.07) is 14.3. The first-order valence-electron chi connectivity index (χ1n) is 8.15. The predicted molar refractivity (Wildman–Crippen MR) is 100 cm³/mol. The van der Waals surface area contributed by atoms with Crippen LogP contribution in [-0.2, 0) is 4.79 Å². The van der Waals surface area contributed by atoms with Crippen LogP contribution in [0.15, 0.2) is 54.6 Å². The predicted octanol–water partition coefficient (Wildman–Crippen LogP) is 2.26. The fourth-order valence-corrected chi connectivity index (χ4v) is 2.24. The Balaban J connectivity index is 1.76. The lowest BCUT2D eigenvalue weighted by molar-refractivity contribution is -0.116. The Hall–Kier alpha value is -3.28. The molecule has 0 atom stereocenters. The molecule has 2 rings (SSSR count). The summed E-state index contributed by atoms with van der Waals surface area (Å²) in [4.78, 5) is 23.7. The summed E-state index contributed by atoms with van der Waals surface area (Å²) < 4.78 is 10.4. The molecule has 2 amide bonds. The van der Waals surface area contributed by atoms with E-state index >= 15 is 0 Å². The van der Waals surface area contributed by atoms with Crippen molar-refractivity contribution in [3.63, 3.8) is 0 Å². The monoisotopic (exact) mass is 354 g/mol. The van der Waals surface area contributed by atoms with Gasteiger partial charge in [-0.15, -0.1) is 0 Å². The van der Waals surface area contributed by atoms with Crippen LogP contribution in [0.4, 0.5) is 0 Å². The van der Waals surface area contributed by atoms with E-state index in [0.29, 0.717) is 30.2 Å². The van der Waals surface area contributed by atoms with E-state index in [4.69, 9.17) is 9.47 Å². The van der Waals surface area contributed by atoms with Gasteiger partial charge in [0.1, 0.15) is 0 Å². The molecule has 6 nitrogen and oxygen atoms in total. The Morgan fingerprint density at radius 2 is 1.62 bits per heavy atom. The number of hydrogen-bond acceptors (Lipinski definition) is 4. The second-order valence-electron chi connectivity index (χ2n) is 5.36. The van der Waals surface area contributed by atoms with Crippen LogP contribution in [0.25, 0.3) is 6.08 Å². The fourth-order valence-electron chi connectivity index (χ4n) is 2.24. The van der Waals surface area contributed by atoms with Gasteiger partial charge in [-0.1, -0.05) is 24.3 Å². The maximum Gasteiger partial charge on any atom is 0.251 e. The lowest BCUT2D eigenvalue weighted by atomic mass is 10.2. The zero-order valence-electron chi connectivity index (χ0n) is 14.8. The van der Waals surface area contributed by atoms with Gasteiger partial charge >= 0.3 is 0 Å². The van der Waals surface area contributed by atoms with Crippen LogP contribution < -0.4 is 20.1 Å². The second-order valence-corrected chi connectivity index (χ2v) is 5.36. The molecule has 2 aromatic carbocycles. The molecule has 0 aromatic heterocycles. The van der Waals surface area contributed by atoms with Crippen molar-refractivity contribution in [2.45, 2.75) is 0 Å². The van der Waals surface area contributed by atoms with Crippen molar-refractivity contribution >= 4 is 17.9 Å². The minimum atomic E-state index is -0.242. The molecule has 0 unspecified atom stereocenters. The molecule has 0 aliphatic heterocycles. The molecule has 0 heterocycles. The first-order valence-corrected chi connectivity index (χ1v) is 8.15. The average Bonchev–Trinajstić information content (AvgIpc) is 2.69. The highest BCUT2D eigenvalue weighted by Gasteiger charge is 2.04. The lowest BCUT2D eigenvalue weighted by Crippen LogP contribution is -2.33. The molecule has 136 valence electrons. The summed E-state index contributed by atoms with van der Waals surface area (Å²) in [6.45, 7) is 0.692. The van der Waals surface area contributed by atoms with Crippen LogP contribution >= 0.6 is 0 Å². The molecule has 0 saturated carbocycles. The Morgan fingerprint density at radius 1 is 0.923 bits per heavy atom. The van der Waals surface area contributed by atoms with E-state index < -0.39 is 0 Å². The number of hydrogen-bond donors (Lipinski definition) is 2. The minimum absolute atomic E-state index is 0.166. The Bertz CT molecular complexity index is 773. The SMILES string of the molecule is COc1ccc(C=CC(=O)NCCNC(=O)c2ccccc2)cc1OC. The summed E-state index contributed by atoms with van der Waals surface area (Å²) in [7, 11) is 3.12. The molecular weight excluding hydrogens is 332 g/mol. The van der Waals surface area contributed by atoms with Crippen molar-refractivity contribution in [2.75, 3.05) is 27.3 Å². The molecular formula is C20H22N2O4. The summed E-state index contributed by atoms with van der Waals surface area (Å²) in [6.07, 6.45) is 3.11. The average molecular weight is 354 g/mol. The summed E-state index contributed by atoms with van der Waals surface area (Å²) in [5.74, 6) is 0.816. The Kier molecular flexibility index (Phi) is 7.24. The standard InChI is InChI=1S/C20H22N2O4/c1-25-17-10-8-15(14-18(17)26-2)9-11-19(23)21-12-13-22-20(24)16-6-4-3-5-7-16/h3-11,14H,12-13H2,1-2H3,(H,21,23)(H,22,24). The number of carbonyl (C=O) groups excluding carboxylic acids is 2. The van der Waals surface area contributed by atoms with Crippen molar-refractivity contribution in [2.24, 2.45) is 0 Å². The van der Waals surface area contributed by atoms with E-state index in [0.717, 1.165) is 5.56 Å². The molecule has 0 radical (unpaired) electrons. The van der Waals surface area contributed by atoms with E-state index in [1.807, 2.05) is 12.1 Å². The Morgan fingerprint density at radius 3 is 2.31 bits per heavy atom. The molecule has 0 bridgehead atoms. The van der Waals surface area contributed by atoms with Gasteiger partial charge in [-0.3, -0.25) is 9.59 Å². The Labute approximate surface area is 152 Å². The molecule has 0 saturated heterocycles. The highest BCUT2D eigenvalue weighted by molar-refractivity contribution is 5.94. The zero-order chi connectivity index (χ0) is 18.8. The van der Waals surface area contributed by atoms with Crippen LogP contribution in [0.1, 0.15) is 15.9 Å². The highest BCUT2D eigenvalue weighted by Crippen LogP contribution is 2.27. The van der Waals surface area contributed by atoms with Crippen LogP contribution in [0.3, 0.4) is 0 Å². The summed E-state index contributed by atoms with van der Waals surface area (Å²) in [5, 5.41) is 5.46. The molecule has 0 aliphatic carbocycles. The third-order valence-electron chi connectivity index (χ3n) is 3.58. The zero-order valence-corrected chi connectivity index (χ0v) is 14.8. The number of carbonyl (C=O) groups is 2. The van der Waals surface area contributed by atoms with Crippen LogP contribution in [0.5, 0.6) is 11.5 Å². The topological polar surface area (TPSA) is 76.7 Å². The van der Waals surface area contributed by atoms with Crippen LogP contribution in [0.2, 0.25) is 0 Å². The third-order valence-corrected chi connectivity index (χ3v) is 3.58. The summed E-state index contributed by atoms with van der Waals surface area (Å²) >= 11 is 0. The minimum Gasteiger partial charge on any atom is -0.493 e. The molecule has 2 aromatic rings. The number of methoxy groups -OCH3 is 2. The third kappa shape index (κ3) is 5.66. The van der Waals surface area contributed by atoms with Crippen molar-refractivity contribution in [1.29, 1.82) is 0 Å². The largest absolute Gasteiger partial charge is 0.493 e. The van der Waals surface area contributed by atoms with E-state index in [1.54, 1.807) is 56.7 Å². The smallest absolute Gasteiger partial charge is 0.251 e. The normalized spacial score (nSPS) is 10.4. The highest BCUT2D eigenvalue weighted by atomic mass is 16.5. The van der Waals surface area contributed by atoms with E-state index in [1.165, 1.54) is 6.08 Å². The van der Waals surface area contributed by atoms with Gasteiger partial charge in [0, 0.05) is 24.7 Å². The number of ether oxygens (including phenoxy) is 2. The lowest BCUT2D eigenvalue weighted by Gasteiger charge is -2.07. The van der Waals surface area contributed by atoms with Crippen molar-refractivity contribution in [3.8, 4) is 11.5 Å². The van der Waals surface area contributed by atoms with Crippen LogP contribution in [-0.4, -0.2) is 39.1 Å². The van der Waals surface area contributed by atoms with Gasteiger partial charge in [-0.25, -0.2) is 0 Å². The van der Waals surface area contributed by atoms with E-state index in [2.05, 4.69) is 10.6 Å². The second kappa shape index (κ2) is 9.88. The van der Waals surface area contributed by atoms with Gasteiger partial charge in [-0.05, 0) is 35.9 Å². The van der Waals surface area contributed by atoms with Crippen molar-refractivity contribution < 1.29 is 19.1 Å². The number of rotatable bonds is 8. The van der Waals surface area contributed by atoms with E-state index in [-0.39, 0.29) is 11.8 Å². The van der Waals surface area contributed by atoms with Crippen LogP contribution in [0, 0.1) is 0 Å². The molecule has 0 fully saturated rings. The molecule has 6 heteroatoms. The fraction of sp³-hybridized carbons (Fsp3) is 0.200. The van der Waals surface area contributed by atoms with Crippen molar-refractivity contribution in [3.05, 3.63) is 65.7 Å².